The fraction of sp³-hybridized carbons (Fsp3) is 0.269. The van der Waals surface area contributed by atoms with Gasteiger partial charge in [0.1, 0.15) is 17.1 Å². The van der Waals surface area contributed by atoms with E-state index in [1.165, 1.54) is 0 Å². The summed E-state index contributed by atoms with van der Waals surface area (Å²) in [6.07, 6.45) is 0. The van der Waals surface area contributed by atoms with Crippen LogP contribution in [-0.4, -0.2) is 37.5 Å². The Kier molecular flexibility index (Phi) is 6.86. The molecule has 1 N–H and O–H groups in total. The smallest absolute Gasteiger partial charge is 0.312 e. The Morgan fingerprint density at radius 3 is 2.22 bits per heavy atom. The molecule has 4 rings (SSSR count). The van der Waals surface area contributed by atoms with Gasteiger partial charge in [0.25, 0.3) is 5.91 Å². The SMILES string of the molecule is COc1cccc(Cn2nc(C)c(NC(=O)c3ccc(Cn4nc(C)c([N+](=O)[O-])c4C)cc3)c2C)c1. The molecule has 10 heteroatoms. The van der Waals surface area contributed by atoms with Crippen LogP contribution in [0, 0.1) is 37.8 Å². The van der Waals surface area contributed by atoms with Gasteiger partial charge in [0.2, 0.25) is 0 Å². The van der Waals surface area contributed by atoms with Gasteiger partial charge < -0.3 is 10.1 Å². The minimum absolute atomic E-state index is 0.0312. The van der Waals surface area contributed by atoms with Crippen LogP contribution in [0.3, 0.4) is 0 Å². The summed E-state index contributed by atoms with van der Waals surface area (Å²) in [6.45, 7) is 8.02. The first kappa shape index (κ1) is 24.6. The zero-order valence-electron chi connectivity index (χ0n) is 20.9. The van der Waals surface area contributed by atoms with Crippen molar-refractivity contribution in [2.24, 2.45) is 0 Å². The lowest BCUT2D eigenvalue weighted by Gasteiger charge is -2.09. The standard InChI is InChI=1S/C26H28N6O4/c1-16-24(18(3)30(28-16)15-21-7-6-8-23(13-21)36-5)27-26(33)22-11-9-20(10-12-22)14-31-19(4)25(32(34)35)17(2)29-31/h6-13H,14-15H2,1-5H3,(H,27,33). The van der Waals surface area contributed by atoms with E-state index in [-0.39, 0.29) is 11.6 Å². The molecule has 2 aromatic carbocycles. The van der Waals surface area contributed by atoms with Gasteiger partial charge >= 0.3 is 5.69 Å². The van der Waals surface area contributed by atoms with Gasteiger partial charge in [0.05, 0.1) is 42.2 Å². The minimum Gasteiger partial charge on any atom is -0.497 e. The van der Waals surface area contributed by atoms with Crippen LogP contribution in [0.4, 0.5) is 11.4 Å². The molecule has 2 heterocycles. The van der Waals surface area contributed by atoms with Crippen molar-refractivity contribution in [1.29, 1.82) is 0 Å². The van der Waals surface area contributed by atoms with Crippen LogP contribution in [0.1, 0.15) is 44.3 Å². The van der Waals surface area contributed by atoms with Gasteiger partial charge in [-0.15, -0.1) is 0 Å². The largest absolute Gasteiger partial charge is 0.497 e. The molecular weight excluding hydrogens is 460 g/mol. The minimum atomic E-state index is -0.412. The summed E-state index contributed by atoms with van der Waals surface area (Å²) >= 11 is 0. The number of amides is 1. The molecule has 0 bridgehead atoms. The lowest BCUT2D eigenvalue weighted by atomic mass is 10.1. The Bertz CT molecular complexity index is 1440. The summed E-state index contributed by atoms with van der Waals surface area (Å²) in [6, 6.07) is 14.9. The summed E-state index contributed by atoms with van der Waals surface area (Å²) < 4.78 is 8.76. The summed E-state index contributed by atoms with van der Waals surface area (Å²) in [7, 11) is 1.63. The van der Waals surface area contributed by atoms with E-state index in [4.69, 9.17) is 4.74 Å². The maximum atomic E-state index is 13.0. The van der Waals surface area contributed by atoms with Crippen molar-refractivity contribution in [2.75, 3.05) is 12.4 Å². The van der Waals surface area contributed by atoms with Crippen molar-refractivity contribution in [3.8, 4) is 5.75 Å². The molecule has 0 aliphatic carbocycles. The molecule has 4 aromatic rings. The molecule has 10 nitrogen and oxygen atoms in total. The highest BCUT2D eigenvalue weighted by Crippen LogP contribution is 2.24. The van der Waals surface area contributed by atoms with E-state index in [9.17, 15) is 14.9 Å². The van der Waals surface area contributed by atoms with Crippen LogP contribution in [0.2, 0.25) is 0 Å². The van der Waals surface area contributed by atoms with Gasteiger partial charge in [0.15, 0.2) is 0 Å². The number of benzene rings is 2. The second-order valence-corrected chi connectivity index (χ2v) is 8.64. The lowest BCUT2D eigenvalue weighted by Crippen LogP contribution is -2.13. The van der Waals surface area contributed by atoms with E-state index in [0.29, 0.717) is 35.7 Å². The number of carbonyl (C=O) groups excluding carboxylic acids is 1. The lowest BCUT2D eigenvalue weighted by molar-refractivity contribution is -0.386. The Hall–Kier alpha value is -4.47. The van der Waals surface area contributed by atoms with E-state index in [1.54, 1.807) is 37.8 Å². The molecule has 0 spiro atoms. The summed E-state index contributed by atoms with van der Waals surface area (Å²) in [5.74, 6) is 0.539. The molecule has 0 atom stereocenters. The number of carbonyl (C=O) groups is 1. The van der Waals surface area contributed by atoms with Crippen molar-refractivity contribution in [2.45, 2.75) is 40.8 Å². The molecule has 0 unspecified atom stereocenters. The fourth-order valence-electron chi connectivity index (χ4n) is 4.20. The molecule has 36 heavy (non-hydrogen) atoms. The molecule has 2 aromatic heterocycles. The van der Waals surface area contributed by atoms with Crippen LogP contribution in [0.5, 0.6) is 5.75 Å². The average Bonchev–Trinajstić information content (AvgIpc) is 3.28. The van der Waals surface area contributed by atoms with Crippen molar-refractivity contribution >= 4 is 17.3 Å². The maximum absolute atomic E-state index is 13.0. The van der Waals surface area contributed by atoms with Gasteiger partial charge in [-0.2, -0.15) is 10.2 Å². The van der Waals surface area contributed by atoms with Crippen molar-refractivity contribution in [3.63, 3.8) is 0 Å². The first-order valence-corrected chi connectivity index (χ1v) is 11.4. The van der Waals surface area contributed by atoms with Crippen molar-refractivity contribution in [3.05, 3.63) is 98.1 Å². The van der Waals surface area contributed by atoms with Crippen LogP contribution < -0.4 is 10.1 Å². The molecule has 0 saturated carbocycles. The van der Waals surface area contributed by atoms with Gasteiger partial charge in [-0.25, -0.2) is 0 Å². The van der Waals surface area contributed by atoms with E-state index in [2.05, 4.69) is 15.5 Å². The number of nitrogens with one attached hydrogen (secondary N) is 1. The topological polar surface area (TPSA) is 117 Å². The number of methoxy groups -OCH3 is 1. The Balaban J connectivity index is 1.46. The van der Waals surface area contributed by atoms with Crippen molar-refractivity contribution < 1.29 is 14.5 Å². The van der Waals surface area contributed by atoms with Gasteiger partial charge in [0, 0.05) is 5.56 Å². The third kappa shape index (κ3) is 4.97. The number of hydrogen-bond acceptors (Lipinski definition) is 6. The number of aromatic nitrogens is 4. The molecular formula is C26H28N6O4. The first-order valence-electron chi connectivity index (χ1n) is 11.4. The monoisotopic (exact) mass is 488 g/mol. The van der Waals surface area contributed by atoms with E-state index < -0.39 is 4.92 Å². The summed E-state index contributed by atoms with van der Waals surface area (Å²) in [5, 5.41) is 23.1. The third-order valence-corrected chi connectivity index (χ3v) is 6.16. The van der Waals surface area contributed by atoms with E-state index >= 15 is 0 Å². The van der Waals surface area contributed by atoms with Crippen molar-refractivity contribution in [1.82, 2.24) is 19.6 Å². The quantitative estimate of drug-likeness (QED) is 0.287. The second kappa shape index (κ2) is 10.0. The predicted octanol–water partition coefficient (Wildman–Crippen LogP) is 4.58. The van der Waals surface area contributed by atoms with Gasteiger partial charge in [-0.3, -0.25) is 24.3 Å². The fourth-order valence-corrected chi connectivity index (χ4v) is 4.20. The highest BCUT2D eigenvalue weighted by Gasteiger charge is 2.22. The Morgan fingerprint density at radius 2 is 1.58 bits per heavy atom. The van der Waals surface area contributed by atoms with Crippen LogP contribution in [-0.2, 0) is 13.1 Å². The third-order valence-electron chi connectivity index (χ3n) is 6.16. The van der Waals surface area contributed by atoms with Crippen LogP contribution in [0.15, 0.2) is 48.5 Å². The number of nitro groups is 1. The zero-order valence-corrected chi connectivity index (χ0v) is 20.9. The Morgan fingerprint density at radius 1 is 0.944 bits per heavy atom. The maximum Gasteiger partial charge on any atom is 0.312 e. The molecule has 0 saturated heterocycles. The van der Waals surface area contributed by atoms with Crippen LogP contribution >= 0.6 is 0 Å². The molecule has 0 radical (unpaired) electrons. The molecule has 1 amide bonds. The first-order chi connectivity index (χ1) is 17.2. The zero-order chi connectivity index (χ0) is 26.0. The molecule has 0 aliphatic heterocycles. The molecule has 0 fully saturated rings. The number of aryl methyl sites for hydroxylation is 2. The summed E-state index contributed by atoms with van der Waals surface area (Å²) in [4.78, 5) is 23.8. The van der Waals surface area contributed by atoms with E-state index in [1.807, 2.05) is 54.9 Å². The molecule has 186 valence electrons. The average molecular weight is 489 g/mol. The van der Waals surface area contributed by atoms with Gasteiger partial charge in [-0.05, 0) is 63.1 Å². The Labute approximate surface area is 208 Å². The summed E-state index contributed by atoms with van der Waals surface area (Å²) in [5.41, 5.74) is 5.59. The van der Waals surface area contributed by atoms with Crippen LogP contribution in [0.25, 0.3) is 0 Å². The highest BCUT2D eigenvalue weighted by molar-refractivity contribution is 6.04. The second-order valence-electron chi connectivity index (χ2n) is 8.64. The highest BCUT2D eigenvalue weighted by atomic mass is 16.6. The number of rotatable bonds is 8. The normalized spacial score (nSPS) is 10.9. The predicted molar refractivity (Wildman–Crippen MR) is 136 cm³/mol. The van der Waals surface area contributed by atoms with Gasteiger partial charge in [-0.1, -0.05) is 24.3 Å². The number of nitrogens with zero attached hydrogens (tertiary/aromatic N) is 5. The number of anilines is 1. The molecule has 0 aliphatic rings. The number of ether oxygens (including phenoxy) is 1. The van der Waals surface area contributed by atoms with E-state index in [0.717, 1.165) is 28.3 Å². The number of hydrogen-bond donors (Lipinski definition) is 1.